The molecule has 0 fully saturated rings. The summed E-state index contributed by atoms with van der Waals surface area (Å²) in [6.45, 7) is 8.13. The van der Waals surface area contributed by atoms with E-state index in [1.54, 1.807) is 6.92 Å². The predicted molar refractivity (Wildman–Crippen MR) is 97.1 cm³/mol. The number of hydrogen-bond donors (Lipinski definition) is 1. The molecule has 1 N–H and O–H groups in total. The molecule has 1 amide bonds. The van der Waals surface area contributed by atoms with E-state index in [1.807, 2.05) is 57.2 Å². The van der Waals surface area contributed by atoms with Gasteiger partial charge in [-0.05, 0) is 38.8 Å². The maximum Gasteiger partial charge on any atom is 0.221 e. The Morgan fingerprint density at radius 3 is 2.46 bits per heavy atom. The average Bonchev–Trinajstić information content (AvgIpc) is 2.90. The van der Waals surface area contributed by atoms with Crippen LogP contribution in [0, 0.1) is 6.92 Å². The fourth-order valence-corrected chi connectivity index (χ4v) is 2.80. The van der Waals surface area contributed by atoms with Gasteiger partial charge in [-0.2, -0.15) is 0 Å². The highest BCUT2D eigenvalue weighted by molar-refractivity contribution is 5.96. The van der Waals surface area contributed by atoms with Gasteiger partial charge in [-0.15, -0.1) is 0 Å². The molecule has 2 rings (SSSR count). The third kappa shape index (κ3) is 4.13. The Morgan fingerprint density at radius 1 is 1.21 bits per heavy atom. The van der Waals surface area contributed by atoms with Gasteiger partial charge in [-0.3, -0.25) is 9.59 Å². The van der Waals surface area contributed by atoms with Gasteiger partial charge < -0.3 is 9.88 Å². The van der Waals surface area contributed by atoms with Crippen molar-refractivity contribution < 1.29 is 9.59 Å². The van der Waals surface area contributed by atoms with Crippen molar-refractivity contribution >= 4 is 11.7 Å². The van der Waals surface area contributed by atoms with E-state index in [0.717, 1.165) is 28.9 Å². The summed E-state index contributed by atoms with van der Waals surface area (Å²) >= 11 is 0. The Morgan fingerprint density at radius 2 is 1.88 bits per heavy atom. The first-order valence-corrected chi connectivity index (χ1v) is 8.49. The van der Waals surface area contributed by atoms with Gasteiger partial charge in [-0.1, -0.05) is 37.3 Å². The fraction of sp³-hybridized carbons (Fsp3) is 0.400. The number of hydrogen-bond acceptors (Lipinski definition) is 2. The molecule has 0 radical (unpaired) electrons. The van der Waals surface area contributed by atoms with E-state index >= 15 is 0 Å². The van der Waals surface area contributed by atoms with Gasteiger partial charge in [-0.25, -0.2) is 0 Å². The molecule has 4 heteroatoms. The van der Waals surface area contributed by atoms with Crippen LogP contribution >= 0.6 is 0 Å². The zero-order chi connectivity index (χ0) is 17.7. The number of Topliss-reactive ketones (excluding diaryl/α,β-unsaturated/α-hetero) is 1. The normalized spacial score (nSPS) is 12.0. The predicted octanol–water partition coefficient (Wildman–Crippen LogP) is 3.97. The molecule has 1 heterocycles. The van der Waals surface area contributed by atoms with E-state index in [1.165, 1.54) is 0 Å². The van der Waals surface area contributed by atoms with Gasteiger partial charge in [0, 0.05) is 36.0 Å². The van der Waals surface area contributed by atoms with Gasteiger partial charge in [0.2, 0.25) is 5.91 Å². The molecule has 0 unspecified atom stereocenters. The van der Waals surface area contributed by atoms with Crippen LogP contribution in [-0.2, 0) is 11.3 Å². The molecule has 0 saturated heterocycles. The van der Waals surface area contributed by atoms with Crippen molar-refractivity contribution in [2.45, 2.75) is 53.1 Å². The molecule has 128 valence electrons. The van der Waals surface area contributed by atoms with Gasteiger partial charge in [0.25, 0.3) is 0 Å². The molecule has 1 atom stereocenters. The Balaban J connectivity index is 2.27. The Bertz CT molecular complexity index is 717. The van der Waals surface area contributed by atoms with Crippen molar-refractivity contribution in [2.75, 3.05) is 0 Å². The van der Waals surface area contributed by atoms with Gasteiger partial charge in [0.1, 0.15) is 0 Å². The highest BCUT2D eigenvalue weighted by atomic mass is 16.1. The average molecular weight is 326 g/mol. The number of aromatic nitrogens is 1. The topological polar surface area (TPSA) is 51.1 Å². The third-order valence-electron chi connectivity index (χ3n) is 4.40. The first-order valence-electron chi connectivity index (χ1n) is 8.49. The third-order valence-corrected chi connectivity index (χ3v) is 4.40. The highest BCUT2D eigenvalue weighted by Gasteiger charge is 2.17. The molecular weight excluding hydrogens is 300 g/mol. The lowest BCUT2D eigenvalue weighted by Crippen LogP contribution is -2.32. The monoisotopic (exact) mass is 326 g/mol. The van der Waals surface area contributed by atoms with E-state index in [4.69, 9.17) is 0 Å². The van der Waals surface area contributed by atoms with Crippen LogP contribution in [0.5, 0.6) is 0 Å². The van der Waals surface area contributed by atoms with Crippen LogP contribution < -0.4 is 5.32 Å². The maximum atomic E-state index is 12.1. The first-order chi connectivity index (χ1) is 11.4. The van der Waals surface area contributed by atoms with E-state index < -0.39 is 0 Å². The van der Waals surface area contributed by atoms with Crippen molar-refractivity contribution in [1.29, 1.82) is 0 Å². The fourth-order valence-electron chi connectivity index (χ4n) is 2.80. The van der Waals surface area contributed by atoms with Crippen LogP contribution in [0.15, 0.2) is 36.4 Å². The summed E-state index contributed by atoms with van der Waals surface area (Å²) in [4.78, 5) is 24.0. The number of nitrogens with one attached hydrogen (secondary N) is 1. The van der Waals surface area contributed by atoms with Crippen LogP contribution in [0.1, 0.15) is 49.7 Å². The molecule has 2 aromatic rings. The number of ketones is 1. The summed E-state index contributed by atoms with van der Waals surface area (Å²) in [6, 6.07) is 12.1. The van der Waals surface area contributed by atoms with Crippen LogP contribution in [0.25, 0.3) is 11.3 Å². The summed E-state index contributed by atoms with van der Waals surface area (Å²) in [5.74, 6) is 0.0910. The smallest absolute Gasteiger partial charge is 0.221 e. The van der Waals surface area contributed by atoms with Crippen molar-refractivity contribution in [3.05, 3.63) is 47.7 Å². The molecular formula is C20H26N2O2. The highest BCUT2D eigenvalue weighted by Crippen LogP contribution is 2.26. The second kappa shape index (κ2) is 7.95. The van der Waals surface area contributed by atoms with Gasteiger partial charge in [0.05, 0.1) is 0 Å². The molecule has 0 aliphatic rings. The van der Waals surface area contributed by atoms with E-state index in [0.29, 0.717) is 13.0 Å². The van der Waals surface area contributed by atoms with Crippen molar-refractivity contribution in [1.82, 2.24) is 9.88 Å². The second-order valence-electron chi connectivity index (χ2n) is 6.23. The van der Waals surface area contributed by atoms with Crippen LogP contribution in [0.4, 0.5) is 0 Å². The van der Waals surface area contributed by atoms with E-state index in [9.17, 15) is 9.59 Å². The van der Waals surface area contributed by atoms with Crippen LogP contribution in [0.3, 0.4) is 0 Å². The largest absolute Gasteiger partial charge is 0.354 e. The number of carbonyl (C=O) groups is 2. The van der Waals surface area contributed by atoms with Crippen LogP contribution in [0.2, 0.25) is 0 Å². The van der Waals surface area contributed by atoms with E-state index in [-0.39, 0.29) is 17.7 Å². The minimum atomic E-state index is 0.0424. The molecule has 0 bridgehead atoms. The van der Waals surface area contributed by atoms with Crippen molar-refractivity contribution in [3.63, 3.8) is 0 Å². The Labute approximate surface area is 143 Å². The minimum Gasteiger partial charge on any atom is -0.354 e. The molecule has 0 saturated carbocycles. The number of amides is 1. The summed E-state index contributed by atoms with van der Waals surface area (Å²) in [7, 11) is 0. The lowest BCUT2D eigenvalue weighted by molar-refractivity contribution is -0.121. The van der Waals surface area contributed by atoms with Gasteiger partial charge >= 0.3 is 0 Å². The summed E-state index contributed by atoms with van der Waals surface area (Å²) in [6.07, 6.45) is 1.31. The second-order valence-corrected chi connectivity index (χ2v) is 6.23. The Hall–Kier alpha value is -2.36. The zero-order valence-corrected chi connectivity index (χ0v) is 14.9. The summed E-state index contributed by atoms with van der Waals surface area (Å²) in [5.41, 5.74) is 3.67. The van der Waals surface area contributed by atoms with Gasteiger partial charge in [0.15, 0.2) is 5.78 Å². The zero-order valence-electron chi connectivity index (χ0n) is 14.9. The van der Waals surface area contributed by atoms with Crippen molar-refractivity contribution in [2.24, 2.45) is 0 Å². The Kier molecular flexibility index (Phi) is 5.96. The van der Waals surface area contributed by atoms with Crippen LogP contribution in [-0.4, -0.2) is 22.3 Å². The lowest BCUT2D eigenvalue weighted by Gasteiger charge is -2.14. The molecule has 0 aliphatic heterocycles. The summed E-state index contributed by atoms with van der Waals surface area (Å²) in [5, 5.41) is 2.99. The number of nitrogens with zero attached hydrogens (tertiary/aromatic N) is 1. The molecule has 0 spiro atoms. The number of rotatable bonds is 7. The molecule has 1 aromatic heterocycles. The first kappa shape index (κ1) is 18.0. The molecule has 0 aliphatic carbocycles. The lowest BCUT2D eigenvalue weighted by atomic mass is 10.1. The van der Waals surface area contributed by atoms with E-state index in [2.05, 4.69) is 9.88 Å². The standard InChI is InChI=1S/C20H26N2O2/c1-5-14(2)21-20(24)11-12-22-15(3)18(16(4)23)13-19(22)17-9-7-6-8-10-17/h6-10,13-14H,5,11-12H2,1-4H3,(H,21,24)/t14-/m1/s1. The van der Waals surface area contributed by atoms with Crippen molar-refractivity contribution in [3.8, 4) is 11.3 Å². The minimum absolute atomic E-state index is 0.0424. The SMILES string of the molecule is CC[C@@H](C)NC(=O)CCn1c(-c2ccccc2)cc(C(C)=O)c1C. The number of benzene rings is 1. The molecule has 4 nitrogen and oxygen atoms in total. The maximum absolute atomic E-state index is 12.1. The molecule has 24 heavy (non-hydrogen) atoms. The quantitative estimate of drug-likeness (QED) is 0.783. The molecule has 1 aromatic carbocycles. The number of carbonyl (C=O) groups excluding carboxylic acids is 2. The summed E-state index contributed by atoms with van der Waals surface area (Å²) < 4.78 is 2.07.